The van der Waals surface area contributed by atoms with Crippen molar-refractivity contribution in [2.24, 2.45) is 0 Å². The zero-order valence-electron chi connectivity index (χ0n) is 7.43. The molecule has 0 unspecified atom stereocenters. The zero-order chi connectivity index (χ0) is 10.7. The summed E-state index contributed by atoms with van der Waals surface area (Å²) >= 11 is 5.53. The van der Waals surface area contributed by atoms with Crippen molar-refractivity contribution in [1.82, 2.24) is 4.98 Å². The zero-order valence-corrected chi connectivity index (χ0v) is 8.18. The first-order chi connectivity index (χ1) is 6.60. The number of rotatable bonds is 3. The fourth-order valence-corrected chi connectivity index (χ4v) is 1.36. The van der Waals surface area contributed by atoms with Crippen LogP contribution in [0.3, 0.4) is 0 Å². The van der Waals surface area contributed by atoms with Gasteiger partial charge < -0.3 is 0 Å². The smallest absolute Gasteiger partial charge is 0.266 e. The summed E-state index contributed by atoms with van der Waals surface area (Å²) in [5, 5.41) is 0. The molecule has 0 N–H and O–H groups in total. The highest BCUT2D eigenvalue weighted by molar-refractivity contribution is 6.17. The van der Waals surface area contributed by atoms with Crippen molar-refractivity contribution in [2.75, 3.05) is 0 Å². The van der Waals surface area contributed by atoms with E-state index in [0.29, 0.717) is 17.5 Å². The molecule has 0 aliphatic heterocycles. The molecule has 0 aliphatic rings. The van der Waals surface area contributed by atoms with Gasteiger partial charge in [0.2, 0.25) is 0 Å². The molecule has 0 atom stereocenters. The molecule has 76 valence electrons. The summed E-state index contributed by atoms with van der Waals surface area (Å²) < 4.78 is 24.8. The van der Waals surface area contributed by atoms with Crippen LogP contribution < -0.4 is 0 Å². The third kappa shape index (κ3) is 2.07. The average Bonchev–Trinajstić information content (AvgIpc) is 2.17. The van der Waals surface area contributed by atoms with Gasteiger partial charge in [-0.2, -0.15) is 0 Å². The average molecular weight is 220 g/mol. The number of nitrogens with zero attached hydrogens (tertiary/aromatic N) is 1. The highest BCUT2D eigenvalue weighted by atomic mass is 35.5. The summed E-state index contributed by atoms with van der Waals surface area (Å²) in [6.07, 6.45) is -2.37. The standard InChI is InChI=1S/C9H8ClF2NO/c1-5-2-6(9(11)12)8(4-14)13-7(5)3-10/h2,4,9H,3H2,1H3. The Labute approximate surface area is 84.9 Å². The predicted molar refractivity (Wildman–Crippen MR) is 48.9 cm³/mol. The molecule has 1 rings (SSSR count). The Bertz CT molecular complexity index is 355. The second-order valence-electron chi connectivity index (χ2n) is 2.78. The second-order valence-corrected chi connectivity index (χ2v) is 3.05. The van der Waals surface area contributed by atoms with Crippen LogP contribution in [-0.2, 0) is 5.88 Å². The summed E-state index contributed by atoms with van der Waals surface area (Å²) in [6.45, 7) is 1.63. The number of pyridine rings is 1. The summed E-state index contributed by atoms with van der Waals surface area (Å²) in [5.74, 6) is 0.107. The number of carbonyl (C=O) groups is 1. The van der Waals surface area contributed by atoms with Gasteiger partial charge in [0, 0.05) is 5.56 Å². The normalized spacial score (nSPS) is 10.6. The molecule has 0 saturated carbocycles. The molecular formula is C9H8ClF2NO. The molecule has 0 amide bonds. The maximum Gasteiger partial charge on any atom is 0.266 e. The number of halogens is 3. The SMILES string of the molecule is Cc1cc(C(F)F)c(C=O)nc1CCl. The molecular weight excluding hydrogens is 212 g/mol. The Kier molecular flexibility index (Phi) is 3.52. The molecule has 1 aromatic heterocycles. The minimum absolute atomic E-state index is 0.107. The van der Waals surface area contributed by atoms with Crippen molar-refractivity contribution >= 4 is 17.9 Å². The van der Waals surface area contributed by atoms with E-state index in [1.807, 2.05) is 0 Å². The van der Waals surface area contributed by atoms with E-state index in [-0.39, 0.29) is 17.1 Å². The summed E-state index contributed by atoms with van der Waals surface area (Å²) in [5.41, 5.74) is 0.451. The van der Waals surface area contributed by atoms with E-state index in [2.05, 4.69) is 4.98 Å². The molecule has 2 nitrogen and oxygen atoms in total. The van der Waals surface area contributed by atoms with Crippen LogP contribution in [0.5, 0.6) is 0 Å². The van der Waals surface area contributed by atoms with Crippen LogP contribution >= 0.6 is 11.6 Å². The van der Waals surface area contributed by atoms with Crippen LogP contribution in [0.25, 0.3) is 0 Å². The predicted octanol–water partition coefficient (Wildman–Crippen LogP) is 2.88. The topological polar surface area (TPSA) is 30.0 Å². The lowest BCUT2D eigenvalue weighted by Gasteiger charge is -2.07. The Balaban J connectivity index is 3.31. The van der Waals surface area contributed by atoms with E-state index in [0.717, 1.165) is 0 Å². The molecule has 0 aliphatic carbocycles. The monoisotopic (exact) mass is 219 g/mol. The number of aromatic nitrogens is 1. The van der Waals surface area contributed by atoms with Gasteiger partial charge in [-0.05, 0) is 18.6 Å². The fourth-order valence-electron chi connectivity index (χ4n) is 1.09. The maximum absolute atomic E-state index is 12.4. The van der Waals surface area contributed by atoms with Crippen molar-refractivity contribution in [2.45, 2.75) is 19.2 Å². The highest BCUT2D eigenvalue weighted by Crippen LogP contribution is 2.23. The van der Waals surface area contributed by atoms with Crippen molar-refractivity contribution in [1.29, 1.82) is 0 Å². The molecule has 0 bridgehead atoms. The van der Waals surface area contributed by atoms with Crippen LogP contribution in [0.15, 0.2) is 6.07 Å². The molecule has 1 aromatic rings. The Morgan fingerprint density at radius 1 is 1.64 bits per heavy atom. The van der Waals surface area contributed by atoms with E-state index in [1.54, 1.807) is 6.92 Å². The van der Waals surface area contributed by atoms with Crippen LogP contribution in [0.1, 0.15) is 33.7 Å². The minimum atomic E-state index is -2.69. The highest BCUT2D eigenvalue weighted by Gasteiger charge is 2.15. The van der Waals surface area contributed by atoms with Crippen LogP contribution in [0.2, 0.25) is 0 Å². The molecule has 0 fully saturated rings. The van der Waals surface area contributed by atoms with E-state index >= 15 is 0 Å². The number of alkyl halides is 3. The first-order valence-corrected chi connectivity index (χ1v) is 4.43. The van der Waals surface area contributed by atoms with Crippen LogP contribution in [0.4, 0.5) is 8.78 Å². The first kappa shape index (κ1) is 11.0. The lowest BCUT2D eigenvalue weighted by atomic mass is 10.1. The number of aryl methyl sites for hydroxylation is 1. The van der Waals surface area contributed by atoms with Crippen molar-refractivity contribution in [3.05, 3.63) is 28.6 Å². The quantitative estimate of drug-likeness (QED) is 0.578. The van der Waals surface area contributed by atoms with Crippen molar-refractivity contribution in [3.8, 4) is 0 Å². The summed E-state index contributed by atoms with van der Waals surface area (Å²) in [7, 11) is 0. The van der Waals surface area contributed by atoms with E-state index < -0.39 is 6.43 Å². The van der Waals surface area contributed by atoms with Gasteiger partial charge in [0.15, 0.2) is 6.29 Å². The van der Waals surface area contributed by atoms with Gasteiger partial charge in [0.05, 0.1) is 11.6 Å². The molecule has 0 radical (unpaired) electrons. The summed E-state index contributed by atoms with van der Waals surface area (Å²) in [4.78, 5) is 14.2. The third-order valence-corrected chi connectivity index (χ3v) is 2.10. The molecule has 0 spiro atoms. The third-order valence-electron chi connectivity index (χ3n) is 1.85. The Hall–Kier alpha value is -1.03. The number of hydrogen-bond donors (Lipinski definition) is 0. The largest absolute Gasteiger partial charge is 0.296 e. The van der Waals surface area contributed by atoms with Gasteiger partial charge in [0.25, 0.3) is 6.43 Å². The van der Waals surface area contributed by atoms with Gasteiger partial charge in [-0.3, -0.25) is 4.79 Å². The maximum atomic E-state index is 12.4. The minimum Gasteiger partial charge on any atom is -0.296 e. The van der Waals surface area contributed by atoms with Gasteiger partial charge in [-0.1, -0.05) is 0 Å². The van der Waals surface area contributed by atoms with Crippen LogP contribution in [-0.4, -0.2) is 11.3 Å². The Morgan fingerprint density at radius 3 is 2.71 bits per heavy atom. The van der Waals surface area contributed by atoms with Crippen molar-refractivity contribution in [3.63, 3.8) is 0 Å². The molecule has 5 heteroatoms. The number of hydrogen-bond acceptors (Lipinski definition) is 2. The van der Waals surface area contributed by atoms with E-state index in [1.165, 1.54) is 6.07 Å². The molecule has 1 heterocycles. The first-order valence-electron chi connectivity index (χ1n) is 3.89. The fraction of sp³-hybridized carbons (Fsp3) is 0.333. The number of aldehydes is 1. The van der Waals surface area contributed by atoms with Crippen molar-refractivity contribution < 1.29 is 13.6 Å². The van der Waals surface area contributed by atoms with Gasteiger partial charge >= 0.3 is 0 Å². The molecule has 14 heavy (non-hydrogen) atoms. The lowest BCUT2D eigenvalue weighted by Crippen LogP contribution is -2.02. The molecule has 0 saturated heterocycles. The summed E-state index contributed by atoms with van der Waals surface area (Å²) in [6, 6.07) is 1.25. The van der Waals surface area contributed by atoms with E-state index in [9.17, 15) is 13.6 Å². The molecule has 0 aromatic carbocycles. The van der Waals surface area contributed by atoms with Gasteiger partial charge in [-0.25, -0.2) is 13.8 Å². The van der Waals surface area contributed by atoms with Gasteiger partial charge in [-0.15, -0.1) is 11.6 Å². The lowest BCUT2D eigenvalue weighted by molar-refractivity contribution is 0.110. The van der Waals surface area contributed by atoms with Crippen LogP contribution in [0, 0.1) is 6.92 Å². The number of carbonyl (C=O) groups excluding carboxylic acids is 1. The Morgan fingerprint density at radius 2 is 2.29 bits per heavy atom. The second kappa shape index (κ2) is 4.46. The van der Waals surface area contributed by atoms with E-state index in [4.69, 9.17) is 11.6 Å². The van der Waals surface area contributed by atoms with Gasteiger partial charge in [0.1, 0.15) is 5.69 Å².